The Bertz CT molecular complexity index is 1920. The molecule has 19 unspecified atom stereocenters. The Morgan fingerprint density at radius 1 is 0.690 bits per heavy atom. The summed E-state index contributed by atoms with van der Waals surface area (Å²) >= 11 is 0. The molecule has 8 aliphatic rings. The molecule has 0 aromatic rings. The molecule has 4 saturated heterocycles. The van der Waals surface area contributed by atoms with E-state index in [1.54, 1.807) is 34.1 Å². The molecule has 7 fully saturated rings. The first-order chi connectivity index (χ1) is 33.6. The van der Waals surface area contributed by atoms with E-state index in [0.29, 0.717) is 50.5 Å². The van der Waals surface area contributed by atoms with Gasteiger partial charge in [0.15, 0.2) is 25.2 Å². The summed E-state index contributed by atoms with van der Waals surface area (Å²) < 4.78 is 75.7. The maximum Gasteiger partial charge on any atom is 0.333 e. The monoisotopic (exact) mass is 1010 g/mol. The van der Waals surface area contributed by atoms with E-state index in [0.717, 1.165) is 19.3 Å². The molecule has 0 aromatic heterocycles. The van der Waals surface area contributed by atoms with Gasteiger partial charge in [0.25, 0.3) is 0 Å². The lowest BCUT2D eigenvalue weighted by molar-refractivity contribution is -0.364. The molecule has 4 aliphatic heterocycles. The zero-order chi connectivity index (χ0) is 51.5. The van der Waals surface area contributed by atoms with Gasteiger partial charge >= 0.3 is 5.97 Å². The summed E-state index contributed by atoms with van der Waals surface area (Å²) in [7, 11) is 4.79. The van der Waals surface area contributed by atoms with E-state index in [4.69, 9.17) is 56.8 Å². The number of esters is 1. The van der Waals surface area contributed by atoms with Crippen molar-refractivity contribution in [1.82, 2.24) is 0 Å². The maximum atomic E-state index is 13.4. The third-order valence-electron chi connectivity index (χ3n) is 18.9. The molecule has 4 aliphatic carbocycles. The Hall–Kier alpha value is -1.94. The molecule has 4 heterocycles. The molecular weight excluding hydrogens is 921 g/mol. The number of hydrogen-bond donors (Lipinski definition) is 3. The minimum absolute atomic E-state index is 0.0272. The van der Waals surface area contributed by atoms with Crippen molar-refractivity contribution in [2.75, 3.05) is 21.3 Å². The highest BCUT2D eigenvalue weighted by molar-refractivity contribution is 5.88. The summed E-state index contributed by atoms with van der Waals surface area (Å²) in [4.78, 5) is 26.5. The summed E-state index contributed by atoms with van der Waals surface area (Å²) in [5.41, 5.74) is -0.469. The zero-order valence-electron chi connectivity index (χ0n) is 44.5. The number of fused-ring (bicyclic) bond motifs is 5. The van der Waals surface area contributed by atoms with Crippen molar-refractivity contribution in [3.8, 4) is 0 Å². The number of aliphatic hydroxyl groups is 3. The maximum absolute atomic E-state index is 13.4. The van der Waals surface area contributed by atoms with Crippen LogP contribution in [0.2, 0.25) is 0 Å². The number of Topliss-reactive ketones (excluding diaryl/α,β-unsaturated/α-hetero) is 1. The lowest BCUT2D eigenvalue weighted by Crippen LogP contribution is -2.66. The van der Waals surface area contributed by atoms with Crippen LogP contribution in [0, 0.1) is 34.5 Å². The fraction of sp³-hybridized carbons (Fsp3) is 0.889. The van der Waals surface area contributed by atoms with Gasteiger partial charge in [-0.1, -0.05) is 38.5 Å². The number of hydrogen-bond acceptors (Lipinski definition) is 17. The number of ether oxygens (including phenoxy) is 12. The number of allylic oxidation sites excluding steroid dienone is 2. The van der Waals surface area contributed by atoms with Crippen LogP contribution in [-0.2, 0) is 66.4 Å². The molecular formula is C54H86O17. The molecule has 0 spiro atoms. The molecule has 71 heavy (non-hydrogen) atoms. The minimum Gasteiger partial charge on any atom is -0.458 e. The first-order valence-corrected chi connectivity index (χ1v) is 26.6. The van der Waals surface area contributed by atoms with Gasteiger partial charge in [0, 0.05) is 57.5 Å². The zero-order valence-corrected chi connectivity index (χ0v) is 44.5. The fourth-order valence-electron chi connectivity index (χ4n) is 14.5. The van der Waals surface area contributed by atoms with Crippen molar-refractivity contribution in [2.45, 2.75) is 250 Å². The van der Waals surface area contributed by atoms with Gasteiger partial charge in [-0.3, -0.25) is 4.79 Å². The Morgan fingerprint density at radius 2 is 1.28 bits per heavy atom. The van der Waals surface area contributed by atoms with Crippen molar-refractivity contribution >= 4 is 11.8 Å². The van der Waals surface area contributed by atoms with Gasteiger partial charge < -0.3 is 72.2 Å². The predicted octanol–water partition coefficient (Wildman–Crippen LogP) is 5.85. The van der Waals surface area contributed by atoms with Crippen molar-refractivity contribution in [2.24, 2.45) is 34.5 Å². The van der Waals surface area contributed by atoms with Crippen LogP contribution in [0.3, 0.4) is 0 Å². The average Bonchev–Trinajstić information content (AvgIpc) is 3.62. The van der Waals surface area contributed by atoms with Crippen LogP contribution in [-0.4, -0.2) is 165 Å². The second-order valence-electron chi connectivity index (χ2n) is 22.8. The van der Waals surface area contributed by atoms with Crippen LogP contribution >= 0.6 is 0 Å². The van der Waals surface area contributed by atoms with Gasteiger partial charge in [-0.15, -0.1) is 0 Å². The summed E-state index contributed by atoms with van der Waals surface area (Å²) in [5.74, 6) is -0.779. The number of carbonyl (C=O) groups excluding carboxylic acids is 2. The molecule has 0 amide bonds. The normalized spacial score (nSPS) is 50.3. The fourth-order valence-corrected chi connectivity index (χ4v) is 14.5. The summed E-state index contributed by atoms with van der Waals surface area (Å²) in [6.07, 6.45) is -0.616. The molecule has 3 saturated carbocycles. The average molecular weight is 1010 g/mol. The molecule has 0 radical (unpaired) electrons. The second kappa shape index (κ2) is 22.0. The summed E-state index contributed by atoms with van der Waals surface area (Å²) in [6, 6.07) is 0. The van der Waals surface area contributed by atoms with E-state index >= 15 is 0 Å². The van der Waals surface area contributed by atoms with E-state index in [9.17, 15) is 24.9 Å². The number of aliphatic hydroxyl groups excluding tert-OH is 2. The largest absolute Gasteiger partial charge is 0.458 e. The minimum atomic E-state index is -1.21. The standard InChI is InChI=1S/C54H86O17/c1-14-26(2)50(58)68-40-23-37-36(54(59)20-18-35(28(4)55)53(40,54)10)16-15-33-22-34(17-19-52(33,37)9)67-42-24-38(60-11)46(30(6)64-42)69-43-25-39(61-12)47(31(7)65-43)71-51-45(57)49(62-13)48(32(8)66-51)70-41-21-27(3)44(56)29(5)63-41/h14-15,27,29-32,34-49,51,56-57,59H,16-25H2,1-13H3/b26-14+/t27?,29?,30?,31?,32?,34-,35+,36?,37?,38?,39?,40+,41?,42?,43?,44?,45?,46?,47?,48?,49?,51?,52-,53-,54-/m0/s1. The number of carbonyl (C=O) groups is 2. The Morgan fingerprint density at radius 3 is 1.89 bits per heavy atom. The molecule has 25 atom stereocenters. The van der Waals surface area contributed by atoms with E-state index in [1.807, 2.05) is 48.5 Å². The third kappa shape index (κ3) is 10.3. The number of ketones is 1. The SMILES string of the molecule is C/C=C(\C)C(=O)O[C@@H]1CC2C(CC=C3C[C@@H](OC4CC(OC)C(OC5CC(OC)C(OC6OC(C)C(OC7CC(C)C(O)C(C)O7)C(OC)C6O)C(C)O5)C(C)O4)CC[C@@]32C)[C@@]2(O)CC[C@H](C(C)=O)[C@@]12C. The van der Waals surface area contributed by atoms with E-state index in [1.165, 1.54) is 12.7 Å². The van der Waals surface area contributed by atoms with E-state index < -0.39 is 115 Å². The smallest absolute Gasteiger partial charge is 0.333 e. The number of methoxy groups -OCH3 is 3. The molecule has 3 N–H and O–H groups in total. The summed E-state index contributed by atoms with van der Waals surface area (Å²) in [5, 5.41) is 34.8. The van der Waals surface area contributed by atoms with Gasteiger partial charge in [0.05, 0.1) is 54.4 Å². The second-order valence-corrected chi connectivity index (χ2v) is 22.8. The van der Waals surface area contributed by atoms with Crippen LogP contribution in [0.4, 0.5) is 0 Å². The first-order valence-electron chi connectivity index (χ1n) is 26.6. The summed E-state index contributed by atoms with van der Waals surface area (Å²) in [6.45, 7) is 18.9. The lowest BCUT2D eigenvalue weighted by Gasteiger charge is -2.63. The van der Waals surface area contributed by atoms with Crippen molar-refractivity contribution < 1.29 is 81.8 Å². The molecule has 404 valence electrons. The highest BCUT2D eigenvalue weighted by Gasteiger charge is 2.71. The lowest BCUT2D eigenvalue weighted by atomic mass is 9.45. The van der Waals surface area contributed by atoms with Crippen molar-refractivity contribution in [3.63, 3.8) is 0 Å². The molecule has 17 heteroatoms. The van der Waals surface area contributed by atoms with Crippen molar-refractivity contribution in [3.05, 3.63) is 23.3 Å². The molecule has 8 rings (SSSR count). The molecule has 17 nitrogen and oxygen atoms in total. The van der Waals surface area contributed by atoms with Gasteiger partial charge in [-0.25, -0.2) is 4.79 Å². The van der Waals surface area contributed by atoms with Crippen LogP contribution < -0.4 is 0 Å². The topological polar surface area (TPSA) is 206 Å². The van der Waals surface area contributed by atoms with E-state index in [2.05, 4.69) is 13.0 Å². The van der Waals surface area contributed by atoms with Crippen LogP contribution in [0.5, 0.6) is 0 Å². The Labute approximate surface area is 421 Å². The van der Waals surface area contributed by atoms with Gasteiger partial charge in [0.2, 0.25) is 0 Å². The quantitative estimate of drug-likeness (QED) is 0.106. The highest BCUT2D eigenvalue weighted by Crippen LogP contribution is 2.68. The van der Waals surface area contributed by atoms with Crippen molar-refractivity contribution in [1.29, 1.82) is 0 Å². The first kappa shape index (κ1) is 55.3. The molecule has 0 aromatic carbocycles. The van der Waals surface area contributed by atoms with Gasteiger partial charge in [0.1, 0.15) is 42.4 Å². The Balaban J connectivity index is 0.865. The number of rotatable bonds is 14. The van der Waals surface area contributed by atoms with Crippen LogP contribution in [0.15, 0.2) is 23.3 Å². The highest BCUT2D eigenvalue weighted by atomic mass is 16.8. The van der Waals surface area contributed by atoms with Gasteiger partial charge in [-0.05, 0) is 117 Å². The third-order valence-corrected chi connectivity index (χ3v) is 18.9. The van der Waals surface area contributed by atoms with E-state index in [-0.39, 0.29) is 47.1 Å². The Kier molecular flexibility index (Phi) is 17.1. The molecule has 0 bridgehead atoms. The van der Waals surface area contributed by atoms with Gasteiger partial charge in [-0.2, -0.15) is 0 Å². The predicted molar refractivity (Wildman–Crippen MR) is 256 cm³/mol. The van der Waals surface area contributed by atoms with Crippen LogP contribution in [0.1, 0.15) is 133 Å². The van der Waals surface area contributed by atoms with Crippen LogP contribution in [0.25, 0.3) is 0 Å².